The van der Waals surface area contributed by atoms with Gasteiger partial charge in [-0.1, -0.05) is 44.5 Å². The topological polar surface area (TPSA) is 68.3 Å². The minimum Gasteiger partial charge on any atom is -0.467 e. The van der Waals surface area contributed by atoms with Crippen LogP contribution in [0.2, 0.25) is 0 Å². The summed E-state index contributed by atoms with van der Waals surface area (Å²) in [5, 5.41) is 3.69. The van der Waals surface area contributed by atoms with Crippen molar-refractivity contribution in [1.29, 1.82) is 0 Å². The van der Waals surface area contributed by atoms with Gasteiger partial charge in [-0.25, -0.2) is 9.78 Å². The molecule has 5 heteroatoms. The molecule has 0 aliphatic rings. The normalized spacial score (nSPS) is 13.4. The summed E-state index contributed by atoms with van der Waals surface area (Å²) in [7, 11) is 1.32. The number of benzene rings is 1. The Morgan fingerprint density at radius 3 is 2.64 bits per heavy atom. The van der Waals surface area contributed by atoms with E-state index in [4.69, 9.17) is 4.74 Å². The van der Waals surface area contributed by atoms with Crippen LogP contribution in [-0.2, 0) is 9.53 Å². The first kappa shape index (κ1) is 15.9. The number of fused-ring (bicyclic) bond motifs is 1. The first-order valence-electron chi connectivity index (χ1n) is 7.31. The van der Waals surface area contributed by atoms with E-state index in [1.165, 1.54) is 7.11 Å². The Labute approximate surface area is 129 Å². The molecule has 0 radical (unpaired) electrons. The summed E-state index contributed by atoms with van der Waals surface area (Å²) in [6, 6.07) is 10.4. The SMILES string of the molecule is CC[C@H](C)[C@@H](NC(=O)c1ccc2ccccc2n1)C(=O)OC. The second kappa shape index (κ2) is 7.02. The minimum atomic E-state index is -0.671. The van der Waals surface area contributed by atoms with E-state index in [-0.39, 0.29) is 17.5 Å². The van der Waals surface area contributed by atoms with Gasteiger partial charge >= 0.3 is 5.97 Å². The molecule has 2 rings (SSSR count). The number of rotatable bonds is 5. The van der Waals surface area contributed by atoms with Crippen molar-refractivity contribution in [2.75, 3.05) is 7.11 Å². The fourth-order valence-corrected chi connectivity index (χ4v) is 2.20. The number of amides is 1. The summed E-state index contributed by atoms with van der Waals surface area (Å²) in [6.45, 7) is 3.86. The number of carbonyl (C=O) groups excluding carboxylic acids is 2. The standard InChI is InChI=1S/C17H20N2O3/c1-4-11(2)15(17(21)22-3)19-16(20)14-10-9-12-7-5-6-8-13(12)18-14/h5-11,15H,4H2,1-3H3,(H,19,20)/t11-,15+/m0/s1. The van der Waals surface area contributed by atoms with Crippen LogP contribution in [0, 0.1) is 5.92 Å². The summed E-state index contributed by atoms with van der Waals surface area (Å²) in [6.07, 6.45) is 0.755. The first-order valence-corrected chi connectivity index (χ1v) is 7.31. The van der Waals surface area contributed by atoms with Crippen LogP contribution in [0.15, 0.2) is 36.4 Å². The third kappa shape index (κ3) is 3.42. The summed E-state index contributed by atoms with van der Waals surface area (Å²) in [5.41, 5.74) is 1.03. The molecular formula is C17H20N2O3. The fraction of sp³-hybridized carbons (Fsp3) is 0.353. The van der Waals surface area contributed by atoms with E-state index in [1.54, 1.807) is 6.07 Å². The number of pyridine rings is 1. The van der Waals surface area contributed by atoms with Gasteiger partial charge in [0.2, 0.25) is 0 Å². The van der Waals surface area contributed by atoms with Crippen LogP contribution < -0.4 is 5.32 Å². The molecule has 0 unspecified atom stereocenters. The van der Waals surface area contributed by atoms with E-state index in [0.29, 0.717) is 0 Å². The lowest BCUT2D eigenvalue weighted by atomic mass is 9.99. The molecule has 0 fully saturated rings. The fourth-order valence-electron chi connectivity index (χ4n) is 2.20. The number of hydrogen-bond donors (Lipinski definition) is 1. The van der Waals surface area contributed by atoms with Gasteiger partial charge in [-0.2, -0.15) is 0 Å². The molecule has 1 N–H and O–H groups in total. The number of methoxy groups -OCH3 is 1. The molecule has 1 aromatic carbocycles. The lowest BCUT2D eigenvalue weighted by molar-refractivity contribution is -0.144. The predicted molar refractivity (Wildman–Crippen MR) is 84.5 cm³/mol. The predicted octanol–water partition coefficient (Wildman–Crippen LogP) is 2.55. The zero-order valence-electron chi connectivity index (χ0n) is 13.0. The van der Waals surface area contributed by atoms with Crippen molar-refractivity contribution in [3.05, 3.63) is 42.1 Å². The molecule has 22 heavy (non-hydrogen) atoms. The van der Waals surface area contributed by atoms with Crippen LogP contribution in [0.3, 0.4) is 0 Å². The number of carbonyl (C=O) groups is 2. The number of esters is 1. The highest BCUT2D eigenvalue weighted by molar-refractivity contribution is 5.97. The molecule has 2 atom stereocenters. The zero-order valence-corrected chi connectivity index (χ0v) is 13.0. The molecule has 5 nitrogen and oxygen atoms in total. The smallest absolute Gasteiger partial charge is 0.328 e. The average molecular weight is 300 g/mol. The number of ether oxygens (including phenoxy) is 1. The highest BCUT2D eigenvalue weighted by Gasteiger charge is 2.27. The van der Waals surface area contributed by atoms with Gasteiger partial charge in [-0.3, -0.25) is 4.79 Å². The Morgan fingerprint density at radius 2 is 1.95 bits per heavy atom. The number of para-hydroxylation sites is 1. The highest BCUT2D eigenvalue weighted by Crippen LogP contribution is 2.13. The van der Waals surface area contributed by atoms with Crippen molar-refractivity contribution >= 4 is 22.8 Å². The lowest BCUT2D eigenvalue weighted by Gasteiger charge is -2.21. The van der Waals surface area contributed by atoms with Gasteiger partial charge in [-0.05, 0) is 18.1 Å². The Hall–Kier alpha value is -2.43. The number of hydrogen-bond acceptors (Lipinski definition) is 4. The van der Waals surface area contributed by atoms with E-state index in [9.17, 15) is 9.59 Å². The number of nitrogens with zero attached hydrogens (tertiary/aromatic N) is 1. The minimum absolute atomic E-state index is 0.0168. The monoisotopic (exact) mass is 300 g/mol. The van der Waals surface area contributed by atoms with Crippen LogP contribution >= 0.6 is 0 Å². The van der Waals surface area contributed by atoms with Gasteiger partial charge in [0.15, 0.2) is 0 Å². The largest absolute Gasteiger partial charge is 0.467 e. The summed E-state index contributed by atoms with van der Waals surface area (Å²) in [4.78, 5) is 28.5. The molecule has 1 aromatic heterocycles. The molecule has 116 valence electrons. The highest BCUT2D eigenvalue weighted by atomic mass is 16.5. The number of aromatic nitrogens is 1. The number of nitrogens with one attached hydrogen (secondary N) is 1. The van der Waals surface area contributed by atoms with Crippen LogP contribution in [0.25, 0.3) is 10.9 Å². The summed E-state index contributed by atoms with van der Waals surface area (Å²) < 4.78 is 4.77. The molecule has 0 spiro atoms. The molecule has 0 aliphatic carbocycles. The molecule has 0 saturated heterocycles. The third-order valence-corrected chi connectivity index (χ3v) is 3.79. The van der Waals surface area contributed by atoms with Gasteiger partial charge in [-0.15, -0.1) is 0 Å². The van der Waals surface area contributed by atoms with Gasteiger partial charge in [0, 0.05) is 5.39 Å². The van der Waals surface area contributed by atoms with Crippen molar-refractivity contribution in [2.24, 2.45) is 5.92 Å². The average Bonchev–Trinajstić information content (AvgIpc) is 2.57. The maximum atomic E-state index is 12.4. The quantitative estimate of drug-likeness (QED) is 0.862. The Kier molecular flexibility index (Phi) is 5.09. The van der Waals surface area contributed by atoms with E-state index < -0.39 is 12.0 Å². The molecule has 0 saturated carbocycles. The molecule has 0 bridgehead atoms. The van der Waals surface area contributed by atoms with Crippen molar-refractivity contribution < 1.29 is 14.3 Å². The lowest BCUT2D eigenvalue weighted by Crippen LogP contribution is -2.45. The second-order valence-corrected chi connectivity index (χ2v) is 5.25. The van der Waals surface area contributed by atoms with E-state index >= 15 is 0 Å². The van der Waals surface area contributed by atoms with E-state index in [2.05, 4.69) is 10.3 Å². The summed E-state index contributed by atoms with van der Waals surface area (Å²) in [5.74, 6) is -0.832. The molecule has 0 aliphatic heterocycles. The van der Waals surface area contributed by atoms with Crippen molar-refractivity contribution in [1.82, 2.24) is 10.3 Å². The molecular weight excluding hydrogens is 280 g/mol. The van der Waals surface area contributed by atoms with Gasteiger partial charge < -0.3 is 10.1 Å². The Morgan fingerprint density at radius 1 is 1.23 bits per heavy atom. The van der Waals surface area contributed by atoms with E-state index in [1.807, 2.05) is 44.2 Å². The summed E-state index contributed by atoms with van der Waals surface area (Å²) >= 11 is 0. The van der Waals surface area contributed by atoms with Crippen molar-refractivity contribution in [3.63, 3.8) is 0 Å². The zero-order chi connectivity index (χ0) is 16.1. The third-order valence-electron chi connectivity index (χ3n) is 3.79. The molecule has 1 heterocycles. The maximum Gasteiger partial charge on any atom is 0.328 e. The van der Waals surface area contributed by atoms with Gasteiger partial charge in [0.05, 0.1) is 12.6 Å². The Balaban J connectivity index is 2.22. The Bertz CT molecular complexity index is 684. The molecule has 1 amide bonds. The first-order chi connectivity index (χ1) is 10.6. The van der Waals surface area contributed by atoms with Gasteiger partial charge in [0.1, 0.15) is 11.7 Å². The molecule has 2 aromatic rings. The van der Waals surface area contributed by atoms with Crippen LogP contribution in [-0.4, -0.2) is 30.0 Å². The van der Waals surface area contributed by atoms with Crippen LogP contribution in [0.4, 0.5) is 0 Å². The van der Waals surface area contributed by atoms with Crippen molar-refractivity contribution in [2.45, 2.75) is 26.3 Å². The van der Waals surface area contributed by atoms with E-state index in [0.717, 1.165) is 17.3 Å². The second-order valence-electron chi connectivity index (χ2n) is 5.25. The van der Waals surface area contributed by atoms with Crippen LogP contribution in [0.5, 0.6) is 0 Å². The van der Waals surface area contributed by atoms with Crippen LogP contribution in [0.1, 0.15) is 30.8 Å². The van der Waals surface area contributed by atoms with Gasteiger partial charge in [0.25, 0.3) is 5.91 Å². The maximum absolute atomic E-state index is 12.4. The van der Waals surface area contributed by atoms with Crippen molar-refractivity contribution in [3.8, 4) is 0 Å².